The lowest BCUT2D eigenvalue weighted by Gasteiger charge is -2.39. The lowest BCUT2D eigenvalue weighted by atomic mass is 9.97. The van der Waals surface area contributed by atoms with Crippen molar-refractivity contribution in [3.8, 4) is 5.75 Å². The molecule has 0 saturated carbocycles. The van der Waals surface area contributed by atoms with E-state index in [2.05, 4.69) is 5.32 Å². The number of benzene rings is 1. The number of aliphatic hydroxyl groups excluding tert-OH is 4. The van der Waals surface area contributed by atoms with E-state index in [1.165, 1.54) is 18.2 Å². The van der Waals surface area contributed by atoms with E-state index in [9.17, 15) is 30.0 Å². The molecule has 10 nitrogen and oxygen atoms in total. The maximum Gasteiger partial charge on any atom is 0.304 e. The van der Waals surface area contributed by atoms with Gasteiger partial charge in [0.2, 0.25) is 12.2 Å². The van der Waals surface area contributed by atoms with Crippen LogP contribution < -0.4 is 10.1 Å². The minimum Gasteiger partial charge on any atom is -0.481 e. The molecule has 26 heavy (non-hydrogen) atoms. The Bertz CT molecular complexity index is 707. The van der Waals surface area contributed by atoms with Gasteiger partial charge in [0.1, 0.15) is 30.2 Å². The van der Waals surface area contributed by atoms with Crippen molar-refractivity contribution in [3.63, 3.8) is 0 Å². The molecule has 0 bridgehead atoms. The molecule has 0 spiro atoms. The van der Waals surface area contributed by atoms with Gasteiger partial charge in [-0.25, -0.2) is 0 Å². The third-order valence-corrected chi connectivity index (χ3v) is 4.45. The third kappa shape index (κ3) is 3.37. The van der Waals surface area contributed by atoms with Gasteiger partial charge in [-0.2, -0.15) is 0 Å². The second-order valence-corrected chi connectivity index (χ2v) is 6.20. The topological polar surface area (TPSA) is 166 Å². The zero-order chi connectivity index (χ0) is 19.0. The van der Waals surface area contributed by atoms with Crippen LogP contribution in [0.1, 0.15) is 17.9 Å². The lowest BCUT2D eigenvalue weighted by Crippen LogP contribution is -2.60. The van der Waals surface area contributed by atoms with Crippen LogP contribution in [0.5, 0.6) is 5.75 Å². The Morgan fingerprint density at radius 2 is 1.92 bits per heavy atom. The molecule has 0 aliphatic carbocycles. The second kappa shape index (κ2) is 7.17. The van der Waals surface area contributed by atoms with Gasteiger partial charge < -0.3 is 40.3 Å². The summed E-state index contributed by atoms with van der Waals surface area (Å²) in [6.07, 6.45) is -7.53. The first kappa shape index (κ1) is 18.5. The van der Waals surface area contributed by atoms with Crippen LogP contribution in [-0.2, 0) is 14.3 Å². The Hall–Kier alpha value is -2.24. The highest BCUT2D eigenvalue weighted by molar-refractivity contribution is 6.04. The molecule has 1 aromatic carbocycles. The van der Waals surface area contributed by atoms with Gasteiger partial charge in [-0.05, 0) is 23.8 Å². The van der Waals surface area contributed by atoms with Gasteiger partial charge in [0.15, 0.2) is 0 Å². The molecular weight excluding hydrogens is 350 g/mol. The van der Waals surface area contributed by atoms with Gasteiger partial charge in [-0.1, -0.05) is 0 Å². The first-order valence-corrected chi connectivity index (χ1v) is 7.95. The SMILES string of the molecule is O=C(O)C[C@H]1C(=O)Nc2ccc(O[C@@H]3O[C@H](CO)[C@@H](O)[C@H](O)[C@H]3O)cc21. The van der Waals surface area contributed by atoms with Gasteiger partial charge in [0.25, 0.3) is 0 Å². The zero-order valence-electron chi connectivity index (χ0n) is 13.5. The Balaban J connectivity index is 1.80. The van der Waals surface area contributed by atoms with Crippen LogP contribution in [-0.4, -0.2) is 74.7 Å². The van der Waals surface area contributed by atoms with Crippen LogP contribution in [0.25, 0.3) is 0 Å². The van der Waals surface area contributed by atoms with Crippen molar-refractivity contribution in [3.05, 3.63) is 23.8 Å². The van der Waals surface area contributed by atoms with Gasteiger partial charge in [0.05, 0.1) is 18.9 Å². The summed E-state index contributed by atoms with van der Waals surface area (Å²) in [5, 5.41) is 50.3. The Kier molecular flexibility index (Phi) is 5.12. The Morgan fingerprint density at radius 3 is 2.58 bits per heavy atom. The maximum atomic E-state index is 11.9. The highest BCUT2D eigenvalue weighted by atomic mass is 16.7. The molecular formula is C16H19NO9. The van der Waals surface area contributed by atoms with E-state index < -0.39 is 55.1 Å². The normalized spacial score (nSPS) is 33.5. The van der Waals surface area contributed by atoms with E-state index >= 15 is 0 Å². The van der Waals surface area contributed by atoms with E-state index in [-0.39, 0.29) is 12.2 Å². The molecule has 0 aromatic heterocycles. The molecule has 2 aliphatic rings. The summed E-state index contributed by atoms with van der Waals surface area (Å²) in [7, 11) is 0. The van der Waals surface area contributed by atoms with Crippen LogP contribution in [0.2, 0.25) is 0 Å². The van der Waals surface area contributed by atoms with E-state index in [1.54, 1.807) is 0 Å². The molecule has 10 heteroatoms. The number of carboxylic acids is 1. The fourth-order valence-electron chi connectivity index (χ4n) is 3.05. The molecule has 1 aromatic rings. The number of rotatable bonds is 5. The minimum atomic E-state index is -1.58. The van der Waals surface area contributed by atoms with E-state index in [4.69, 9.17) is 14.6 Å². The quantitative estimate of drug-likeness (QED) is 0.357. The number of fused-ring (bicyclic) bond motifs is 1. The summed E-state index contributed by atoms with van der Waals surface area (Å²) in [5.41, 5.74) is 0.891. The first-order chi connectivity index (χ1) is 12.3. The highest BCUT2D eigenvalue weighted by Gasteiger charge is 2.45. The number of carbonyl (C=O) groups is 2. The number of aliphatic carboxylic acids is 1. The van der Waals surface area contributed by atoms with Gasteiger partial charge in [-0.15, -0.1) is 0 Å². The fourth-order valence-corrected chi connectivity index (χ4v) is 3.05. The summed E-state index contributed by atoms with van der Waals surface area (Å²) in [4.78, 5) is 22.9. The van der Waals surface area contributed by atoms with Crippen molar-refractivity contribution < 1.29 is 44.6 Å². The number of ether oxygens (including phenoxy) is 2. The smallest absolute Gasteiger partial charge is 0.304 e. The largest absolute Gasteiger partial charge is 0.481 e. The van der Waals surface area contributed by atoms with E-state index in [1.807, 2.05) is 0 Å². The average Bonchev–Trinajstić information content (AvgIpc) is 2.90. The number of nitrogens with one attached hydrogen (secondary N) is 1. The molecule has 2 heterocycles. The summed E-state index contributed by atoms with van der Waals surface area (Å²) in [5.74, 6) is -2.27. The summed E-state index contributed by atoms with van der Waals surface area (Å²) in [6.45, 7) is -0.589. The number of aliphatic hydroxyl groups is 4. The van der Waals surface area contributed by atoms with Crippen LogP contribution in [0.4, 0.5) is 5.69 Å². The molecule has 142 valence electrons. The minimum absolute atomic E-state index is 0.167. The molecule has 1 amide bonds. The molecule has 0 unspecified atom stereocenters. The van der Waals surface area contributed by atoms with Crippen LogP contribution in [0.3, 0.4) is 0 Å². The van der Waals surface area contributed by atoms with Gasteiger partial charge >= 0.3 is 5.97 Å². The van der Waals surface area contributed by atoms with Crippen molar-refractivity contribution in [2.45, 2.75) is 43.0 Å². The van der Waals surface area contributed by atoms with Crippen molar-refractivity contribution in [2.24, 2.45) is 0 Å². The maximum absolute atomic E-state index is 11.9. The van der Waals surface area contributed by atoms with E-state index in [0.29, 0.717) is 11.3 Å². The molecule has 6 N–H and O–H groups in total. The van der Waals surface area contributed by atoms with Gasteiger partial charge in [-0.3, -0.25) is 9.59 Å². The second-order valence-electron chi connectivity index (χ2n) is 6.20. The zero-order valence-corrected chi connectivity index (χ0v) is 13.5. The van der Waals surface area contributed by atoms with Crippen LogP contribution in [0.15, 0.2) is 18.2 Å². The summed E-state index contributed by atoms with van der Waals surface area (Å²) in [6, 6.07) is 4.44. The molecule has 1 saturated heterocycles. The summed E-state index contributed by atoms with van der Waals surface area (Å²) < 4.78 is 10.7. The molecule has 1 fully saturated rings. The van der Waals surface area contributed by atoms with Crippen molar-refractivity contribution in [1.82, 2.24) is 0 Å². The van der Waals surface area contributed by atoms with Gasteiger partial charge in [0, 0.05) is 5.69 Å². The predicted octanol–water partition coefficient (Wildman–Crippen LogP) is -1.62. The van der Waals surface area contributed by atoms with Crippen molar-refractivity contribution in [1.29, 1.82) is 0 Å². The monoisotopic (exact) mass is 369 g/mol. The van der Waals surface area contributed by atoms with Crippen molar-refractivity contribution >= 4 is 17.6 Å². The van der Waals surface area contributed by atoms with E-state index in [0.717, 1.165) is 0 Å². The van der Waals surface area contributed by atoms with Crippen LogP contribution in [0, 0.1) is 0 Å². The average molecular weight is 369 g/mol. The third-order valence-electron chi connectivity index (χ3n) is 4.45. The Labute approximate surface area is 147 Å². The molecule has 0 radical (unpaired) electrons. The molecule has 2 aliphatic heterocycles. The standard InChI is InChI=1S/C16H19NO9/c18-5-10-12(21)13(22)14(23)16(26-10)25-6-1-2-9-7(3-6)8(4-11(19)20)15(24)17-9/h1-3,8,10,12-14,16,18,21-23H,4-5H2,(H,17,24)(H,19,20)/t8-,10-,12-,13+,14-,16-/m1/s1. The fraction of sp³-hybridized carbons (Fsp3) is 0.500. The number of amides is 1. The summed E-state index contributed by atoms with van der Waals surface area (Å²) >= 11 is 0. The predicted molar refractivity (Wildman–Crippen MR) is 84.5 cm³/mol. The first-order valence-electron chi connectivity index (χ1n) is 7.95. The Morgan fingerprint density at radius 1 is 1.19 bits per heavy atom. The van der Waals surface area contributed by atoms with Crippen LogP contribution >= 0.6 is 0 Å². The number of anilines is 1. The molecule has 3 rings (SSSR count). The number of carboxylic acid groups (broad SMARTS) is 1. The van der Waals surface area contributed by atoms with Crippen molar-refractivity contribution in [2.75, 3.05) is 11.9 Å². The highest BCUT2D eigenvalue weighted by Crippen LogP contribution is 2.37. The number of carbonyl (C=O) groups excluding carboxylic acids is 1. The molecule has 6 atom stereocenters. The number of hydrogen-bond donors (Lipinski definition) is 6. The number of hydrogen-bond acceptors (Lipinski definition) is 8. The lowest BCUT2D eigenvalue weighted by molar-refractivity contribution is -0.277.